The smallest absolute Gasteiger partial charge is 0.341 e. The van der Waals surface area contributed by atoms with Crippen LogP contribution in [0.2, 0.25) is 0 Å². The molecule has 106 valence electrons. The minimum Gasteiger partial charge on any atom is -0.496 e. The average Bonchev–Trinajstić information content (AvgIpc) is 2.33. The summed E-state index contributed by atoms with van der Waals surface area (Å²) >= 11 is 0. The Labute approximate surface area is 116 Å². The van der Waals surface area contributed by atoms with Crippen LogP contribution in [0.25, 0.3) is 0 Å². The number of hydrogen-bond acceptors (Lipinski definition) is 5. The third-order valence-corrected chi connectivity index (χ3v) is 3.57. The first-order valence-corrected chi connectivity index (χ1v) is 7.86. The quantitative estimate of drug-likeness (QED) is 0.617. The molecule has 1 aromatic rings. The van der Waals surface area contributed by atoms with Crippen molar-refractivity contribution in [2.75, 3.05) is 13.7 Å². The lowest BCUT2D eigenvalue weighted by Gasteiger charge is -2.11. The summed E-state index contributed by atoms with van der Waals surface area (Å²) in [5.74, 6) is -0.236. The summed E-state index contributed by atoms with van der Waals surface area (Å²) in [7, 11) is 2.71. The van der Waals surface area contributed by atoms with E-state index in [0.717, 1.165) is 6.07 Å². The summed E-state index contributed by atoms with van der Waals surface area (Å²) in [4.78, 5) is 11.7. The Morgan fingerprint density at radius 3 is 2.47 bits per heavy atom. The van der Waals surface area contributed by atoms with Gasteiger partial charge in [-0.05, 0) is 24.1 Å². The topological polar surface area (TPSA) is 69.7 Å². The summed E-state index contributed by atoms with van der Waals surface area (Å²) in [6, 6.07) is 3.77. The SMILES string of the molecule is COc1ccc(S(=O)(=O)Cl)cc1C(=O)OCC(C)C. The van der Waals surface area contributed by atoms with Crippen molar-refractivity contribution < 1.29 is 22.7 Å². The van der Waals surface area contributed by atoms with E-state index in [1.165, 1.54) is 19.2 Å². The molecule has 0 bridgehead atoms. The van der Waals surface area contributed by atoms with Gasteiger partial charge in [-0.15, -0.1) is 0 Å². The van der Waals surface area contributed by atoms with Crippen LogP contribution in [0.15, 0.2) is 23.1 Å². The molecule has 1 aromatic carbocycles. The molecule has 0 atom stereocenters. The molecule has 1 rings (SSSR count). The van der Waals surface area contributed by atoms with Crippen LogP contribution in [-0.2, 0) is 13.8 Å². The van der Waals surface area contributed by atoms with Gasteiger partial charge in [0.15, 0.2) is 0 Å². The van der Waals surface area contributed by atoms with Crippen LogP contribution >= 0.6 is 10.7 Å². The summed E-state index contributed by atoms with van der Waals surface area (Å²) in [6.45, 7) is 4.02. The minimum atomic E-state index is -3.91. The molecule has 0 fully saturated rings. The molecule has 0 amide bonds. The van der Waals surface area contributed by atoms with E-state index in [1.54, 1.807) is 0 Å². The lowest BCUT2D eigenvalue weighted by atomic mass is 10.2. The van der Waals surface area contributed by atoms with Gasteiger partial charge < -0.3 is 9.47 Å². The zero-order chi connectivity index (χ0) is 14.6. The van der Waals surface area contributed by atoms with Crippen LogP contribution in [0, 0.1) is 5.92 Å². The predicted octanol–water partition coefficient (Wildman–Crippen LogP) is 2.44. The number of halogens is 1. The minimum absolute atomic E-state index is 0.0323. The van der Waals surface area contributed by atoms with Gasteiger partial charge in [0.25, 0.3) is 9.05 Å². The third-order valence-electron chi connectivity index (χ3n) is 2.22. The van der Waals surface area contributed by atoms with E-state index in [2.05, 4.69) is 0 Å². The first kappa shape index (κ1) is 15.8. The molecule has 7 heteroatoms. The lowest BCUT2D eigenvalue weighted by molar-refractivity contribution is 0.0455. The summed E-state index contributed by atoms with van der Waals surface area (Å²) in [5, 5.41) is 0. The Hall–Kier alpha value is -1.27. The highest BCUT2D eigenvalue weighted by Crippen LogP contribution is 2.25. The Kier molecular flexibility index (Phi) is 5.20. The monoisotopic (exact) mass is 306 g/mol. The number of methoxy groups -OCH3 is 1. The molecular formula is C12H15ClO5S. The maximum atomic E-state index is 11.9. The largest absolute Gasteiger partial charge is 0.496 e. The number of rotatable bonds is 5. The molecule has 5 nitrogen and oxygen atoms in total. The highest BCUT2D eigenvalue weighted by molar-refractivity contribution is 8.13. The molecule has 0 N–H and O–H groups in total. The molecule has 0 aliphatic rings. The molecule has 0 aromatic heterocycles. The van der Waals surface area contributed by atoms with Crippen molar-refractivity contribution in [1.29, 1.82) is 0 Å². The van der Waals surface area contributed by atoms with Gasteiger partial charge in [0, 0.05) is 10.7 Å². The lowest BCUT2D eigenvalue weighted by Crippen LogP contribution is -2.12. The predicted molar refractivity (Wildman–Crippen MR) is 71.2 cm³/mol. The first-order chi connectivity index (χ1) is 8.75. The number of hydrogen-bond donors (Lipinski definition) is 0. The van der Waals surface area contributed by atoms with Gasteiger partial charge in [-0.25, -0.2) is 13.2 Å². The van der Waals surface area contributed by atoms with Crippen molar-refractivity contribution >= 4 is 25.7 Å². The summed E-state index contributed by atoms with van der Waals surface area (Å²) in [6.07, 6.45) is 0. The molecule has 19 heavy (non-hydrogen) atoms. The fourth-order valence-corrected chi connectivity index (χ4v) is 2.10. The van der Waals surface area contributed by atoms with Crippen LogP contribution in [-0.4, -0.2) is 28.1 Å². The third kappa shape index (κ3) is 4.40. The van der Waals surface area contributed by atoms with Crippen LogP contribution < -0.4 is 4.74 Å². The summed E-state index contributed by atoms with van der Waals surface area (Å²) in [5.41, 5.74) is 0.0323. The molecular weight excluding hydrogens is 292 g/mol. The first-order valence-electron chi connectivity index (χ1n) is 5.55. The zero-order valence-corrected chi connectivity index (χ0v) is 12.4. The zero-order valence-electron chi connectivity index (χ0n) is 10.8. The molecule has 0 heterocycles. The molecule has 0 aliphatic heterocycles. The van der Waals surface area contributed by atoms with Crippen LogP contribution in [0.4, 0.5) is 0 Å². The van der Waals surface area contributed by atoms with Crippen LogP contribution in [0.1, 0.15) is 24.2 Å². The molecule has 0 saturated heterocycles. The van der Waals surface area contributed by atoms with Gasteiger partial charge in [-0.1, -0.05) is 13.8 Å². The van der Waals surface area contributed by atoms with E-state index in [-0.39, 0.29) is 28.7 Å². The van der Waals surface area contributed by atoms with Crippen molar-refractivity contribution in [3.63, 3.8) is 0 Å². The van der Waals surface area contributed by atoms with Crippen molar-refractivity contribution in [3.05, 3.63) is 23.8 Å². The maximum Gasteiger partial charge on any atom is 0.341 e. The Morgan fingerprint density at radius 1 is 1.37 bits per heavy atom. The fourth-order valence-electron chi connectivity index (χ4n) is 1.32. The van der Waals surface area contributed by atoms with E-state index in [1.807, 2.05) is 13.8 Å². The van der Waals surface area contributed by atoms with Crippen LogP contribution in [0.3, 0.4) is 0 Å². The maximum absolute atomic E-state index is 11.9. The Morgan fingerprint density at radius 2 is 2.00 bits per heavy atom. The number of carbonyl (C=O) groups excluding carboxylic acids is 1. The van der Waals surface area contributed by atoms with E-state index < -0.39 is 15.0 Å². The Bertz CT molecular complexity index is 565. The van der Waals surface area contributed by atoms with Gasteiger partial charge in [0.2, 0.25) is 0 Å². The van der Waals surface area contributed by atoms with E-state index in [9.17, 15) is 13.2 Å². The van der Waals surface area contributed by atoms with E-state index in [4.69, 9.17) is 20.2 Å². The van der Waals surface area contributed by atoms with Crippen molar-refractivity contribution in [1.82, 2.24) is 0 Å². The number of carbonyl (C=O) groups is 1. The number of esters is 1. The molecule has 0 radical (unpaired) electrons. The van der Waals surface area contributed by atoms with Crippen molar-refractivity contribution in [3.8, 4) is 5.75 Å². The standard InChI is InChI=1S/C12H15ClO5S/c1-8(2)7-18-12(14)10-6-9(19(13,15)16)4-5-11(10)17-3/h4-6,8H,7H2,1-3H3. The van der Waals surface area contributed by atoms with Crippen LogP contribution in [0.5, 0.6) is 5.75 Å². The molecule has 0 aliphatic carbocycles. The fraction of sp³-hybridized carbons (Fsp3) is 0.417. The van der Waals surface area contributed by atoms with Crippen molar-refractivity contribution in [2.45, 2.75) is 18.7 Å². The van der Waals surface area contributed by atoms with Gasteiger partial charge in [-0.3, -0.25) is 0 Å². The highest BCUT2D eigenvalue weighted by atomic mass is 35.7. The molecule has 0 spiro atoms. The van der Waals surface area contributed by atoms with Gasteiger partial charge in [0.05, 0.1) is 18.6 Å². The molecule has 0 saturated carbocycles. The second-order valence-electron chi connectivity index (χ2n) is 4.29. The molecule has 0 unspecified atom stereocenters. The number of ether oxygens (including phenoxy) is 2. The van der Waals surface area contributed by atoms with Gasteiger partial charge >= 0.3 is 5.97 Å². The second kappa shape index (κ2) is 6.25. The van der Waals surface area contributed by atoms with E-state index >= 15 is 0 Å². The highest BCUT2D eigenvalue weighted by Gasteiger charge is 2.19. The number of benzene rings is 1. The van der Waals surface area contributed by atoms with Gasteiger partial charge in [-0.2, -0.15) is 0 Å². The average molecular weight is 307 g/mol. The summed E-state index contributed by atoms with van der Waals surface area (Å²) < 4.78 is 32.5. The Balaban J connectivity index is 3.13. The van der Waals surface area contributed by atoms with E-state index in [0.29, 0.717) is 0 Å². The van der Waals surface area contributed by atoms with Gasteiger partial charge in [0.1, 0.15) is 11.3 Å². The second-order valence-corrected chi connectivity index (χ2v) is 6.86. The normalized spacial score (nSPS) is 11.4. The van der Waals surface area contributed by atoms with Crippen molar-refractivity contribution in [2.24, 2.45) is 5.92 Å².